The lowest BCUT2D eigenvalue weighted by molar-refractivity contribution is 0.247. The van der Waals surface area contributed by atoms with Gasteiger partial charge < -0.3 is 15.2 Å². The second kappa shape index (κ2) is 7.91. The summed E-state index contributed by atoms with van der Waals surface area (Å²) in [7, 11) is 0. The zero-order chi connectivity index (χ0) is 16.7. The molecule has 2 N–H and O–H groups in total. The van der Waals surface area contributed by atoms with E-state index >= 15 is 0 Å². The van der Waals surface area contributed by atoms with Crippen molar-refractivity contribution < 1.29 is 9.47 Å². The van der Waals surface area contributed by atoms with Crippen LogP contribution in [0.1, 0.15) is 32.8 Å². The molecule has 0 fully saturated rings. The Kier molecular flexibility index (Phi) is 5.91. The second-order valence-electron chi connectivity index (χ2n) is 7.00. The highest BCUT2D eigenvalue weighted by Crippen LogP contribution is 2.22. The Bertz CT molecular complexity index is 600. The minimum atomic E-state index is 0.306. The fourth-order valence-corrected chi connectivity index (χ4v) is 2.36. The minimum absolute atomic E-state index is 0.306. The number of nitrogens with two attached hydrogens (primary N) is 1. The van der Waals surface area contributed by atoms with Crippen molar-refractivity contribution in [1.29, 1.82) is 0 Å². The van der Waals surface area contributed by atoms with Crippen molar-refractivity contribution in [3.8, 4) is 11.5 Å². The Labute approximate surface area is 139 Å². The highest BCUT2D eigenvalue weighted by Gasteiger charge is 2.10. The first-order valence-corrected chi connectivity index (χ1v) is 8.12. The average Bonchev–Trinajstić information content (AvgIpc) is 2.47. The van der Waals surface area contributed by atoms with Crippen molar-refractivity contribution in [2.24, 2.45) is 5.41 Å². The Balaban J connectivity index is 1.68. The molecule has 2 aromatic carbocycles. The van der Waals surface area contributed by atoms with Crippen LogP contribution in [0.4, 0.5) is 5.69 Å². The monoisotopic (exact) mass is 313 g/mol. The summed E-state index contributed by atoms with van der Waals surface area (Å²) >= 11 is 0. The van der Waals surface area contributed by atoms with Gasteiger partial charge in [-0.1, -0.05) is 39.0 Å². The number of nitrogen functional groups attached to an aromatic ring is 1. The maximum Gasteiger partial charge on any atom is 0.121 e. The molecule has 0 saturated carbocycles. The van der Waals surface area contributed by atoms with Crippen LogP contribution >= 0.6 is 0 Å². The van der Waals surface area contributed by atoms with Crippen LogP contribution in [-0.4, -0.2) is 13.2 Å². The first kappa shape index (κ1) is 17.2. The van der Waals surface area contributed by atoms with E-state index in [9.17, 15) is 0 Å². The van der Waals surface area contributed by atoms with Crippen molar-refractivity contribution in [3.05, 3.63) is 54.1 Å². The highest BCUT2D eigenvalue weighted by molar-refractivity contribution is 5.43. The summed E-state index contributed by atoms with van der Waals surface area (Å²) in [5, 5.41) is 0. The quantitative estimate of drug-likeness (QED) is 0.595. The molecule has 0 aliphatic heterocycles. The standard InChI is InChI=1S/C20H27NO2/c1-20(2,3)15-16-8-10-18(11-9-16)22-12-5-13-23-19-7-4-6-17(21)14-19/h4,6-11,14H,5,12-13,15,21H2,1-3H3. The van der Waals surface area contributed by atoms with Crippen LogP contribution in [-0.2, 0) is 6.42 Å². The summed E-state index contributed by atoms with van der Waals surface area (Å²) in [6.07, 6.45) is 1.90. The molecule has 0 bridgehead atoms. The smallest absolute Gasteiger partial charge is 0.121 e. The van der Waals surface area contributed by atoms with Gasteiger partial charge in [0.25, 0.3) is 0 Å². The van der Waals surface area contributed by atoms with E-state index in [1.807, 2.05) is 36.4 Å². The van der Waals surface area contributed by atoms with Crippen LogP contribution < -0.4 is 15.2 Å². The molecule has 3 nitrogen and oxygen atoms in total. The van der Waals surface area contributed by atoms with Gasteiger partial charge in [-0.3, -0.25) is 0 Å². The highest BCUT2D eigenvalue weighted by atomic mass is 16.5. The Morgan fingerprint density at radius 3 is 2.13 bits per heavy atom. The summed E-state index contributed by atoms with van der Waals surface area (Å²) < 4.78 is 11.4. The molecular formula is C20H27NO2. The molecule has 3 heteroatoms. The summed E-state index contributed by atoms with van der Waals surface area (Å²) in [4.78, 5) is 0. The molecule has 0 aromatic heterocycles. The lowest BCUT2D eigenvalue weighted by Gasteiger charge is -2.18. The van der Waals surface area contributed by atoms with Crippen LogP contribution in [0.25, 0.3) is 0 Å². The lowest BCUT2D eigenvalue weighted by Crippen LogP contribution is -2.09. The van der Waals surface area contributed by atoms with Gasteiger partial charge in [0.2, 0.25) is 0 Å². The van der Waals surface area contributed by atoms with E-state index in [2.05, 4.69) is 32.9 Å². The molecule has 0 spiro atoms. The summed E-state index contributed by atoms with van der Waals surface area (Å²) in [6.45, 7) is 8.00. The van der Waals surface area contributed by atoms with E-state index in [1.54, 1.807) is 0 Å². The van der Waals surface area contributed by atoms with Crippen molar-refractivity contribution in [2.75, 3.05) is 18.9 Å². The second-order valence-corrected chi connectivity index (χ2v) is 7.00. The number of benzene rings is 2. The van der Waals surface area contributed by atoms with E-state index < -0.39 is 0 Å². The van der Waals surface area contributed by atoms with E-state index in [1.165, 1.54) is 5.56 Å². The molecule has 2 rings (SSSR count). The summed E-state index contributed by atoms with van der Waals surface area (Å²) in [6, 6.07) is 15.8. The zero-order valence-electron chi connectivity index (χ0n) is 14.3. The molecule has 0 radical (unpaired) electrons. The molecule has 23 heavy (non-hydrogen) atoms. The molecular weight excluding hydrogens is 286 g/mol. The largest absolute Gasteiger partial charge is 0.493 e. The van der Waals surface area contributed by atoms with Crippen molar-refractivity contribution in [2.45, 2.75) is 33.6 Å². The van der Waals surface area contributed by atoms with E-state index in [0.717, 1.165) is 24.3 Å². The van der Waals surface area contributed by atoms with E-state index in [-0.39, 0.29) is 0 Å². The van der Waals surface area contributed by atoms with Crippen molar-refractivity contribution in [3.63, 3.8) is 0 Å². The van der Waals surface area contributed by atoms with Gasteiger partial charge in [0.15, 0.2) is 0 Å². The molecule has 0 heterocycles. The van der Waals surface area contributed by atoms with Crippen molar-refractivity contribution in [1.82, 2.24) is 0 Å². The molecule has 2 aromatic rings. The van der Waals surface area contributed by atoms with Crippen LogP contribution in [0.2, 0.25) is 0 Å². The Morgan fingerprint density at radius 1 is 0.870 bits per heavy atom. The molecule has 0 saturated heterocycles. The van der Waals surface area contributed by atoms with E-state index in [0.29, 0.717) is 24.3 Å². The molecule has 0 aliphatic rings. The third kappa shape index (κ3) is 6.64. The fourth-order valence-electron chi connectivity index (χ4n) is 2.36. The van der Waals surface area contributed by atoms with Gasteiger partial charge >= 0.3 is 0 Å². The van der Waals surface area contributed by atoms with Gasteiger partial charge in [-0.05, 0) is 41.7 Å². The number of ether oxygens (including phenoxy) is 2. The Hall–Kier alpha value is -2.16. The number of rotatable bonds is 7. The lowest BCUT2D eigenvalue weighted by atomic mass is 9.88. The minimum Gasteiger partial charge on any atom is -0.493 e. The number of anilines is 1. The number of hydrogen-bond acceptors (Lipinski definition) is 3. The molecule has 0 aliphatic carbocycles. The van der Waals surface area contributed by atoms with Gasteiger partial charge in [0.05, 0.1) is 13.2 Å². The van der Waals surface area contributed by atoms with Gasteiger partial charge in [0, 0.05) is 18.2 Å². The normalized spacial score (nSPS) is 11.3. The maximum absolute atomic E-state index is 5.75. The van der Waals surface area contributed by atoms with Gasteiger partial charge in [-0.2, -0.15) is 0 Å². The summed E-state index contributed by atoms with van der Waals surface area (Å²) in [5.41, 5.74) is 8.08. The Morgan fingerprint density at radius 2 is 1.52 bits per heavy atom. The molecule has 0 unspecified atom stereocenters. The third-order valence-electron chi connectivity index (χ3n) is 3.34. The van der Waals surface area contributed by atoms with Crippen LogP contribution in [0.5, 0.6) is 11.5 Å². The topological polar surface area (TPSA) is 44.5 Å². The van der Waals surface area contributed by atoms with Gasteiger partial charge in [-0.25, -0.2) is 0 Å². The van der Waals surface area contributed by atoms with Crippen LogP contribution in [0.15, 0.2) is 48.5 Å². The van der Waals surface area contributed by atoms with Gasteiger partial charge in [-0.15, -0.1) is 0 Å². The van der Waals surface area contributed by atoms with Crippen LogP contribution in [0.3, 0.4) is 0 Å². The summed E-state index contributed by atoms with van der Waals surface area (Å²) in [5.74, 6) is 1.71. The predicted octanol–water partition coefficient (Wildman–Crippen LogP) is 4.71. The first-order chi connectivity index (χ1) is 10.9. The fraction of sp³-hybridized carbons (Fsp3) is 0.400. The SMILES string of the molecule is CC(C)(C)Cc1ccc(OCCCOc2cccc(N)c2)cc1. The third-order valence-corrected chi connectivity index (χ3v) is 3.34. The number of hydrogen-bond donors (Lipinski definition) is 1. The average molecular weight is 313 g/mol. The molecule has 0 atom stereocenters. The maximum atomic E-state index is 5.75. The molecule has 124 valence electrons. The van der Waals surface area contributed by atoms with Gasteiger partial charge in [0.1, 0.15) is 11.5 Å². The van der Waals surface area contributed by atoms with Crippen LogP contribution in [0, 0.1) is 5.41 Å². The first-order valence-electron chi connectivity index (χ1n) is 8.12. The predicted molar refractivity (Wildman–Crippen MR) is 96.1 cm³/mol. The van der Waals surface area contributed by atoms with E-state index in [4.69, 9.17) is 15.2 Å². The zero-order valence-corrected chi connectivity index (χ0v) is 14.3. The van der Waals surface area contributed by atoms with Crippen molar-refractivity contribution >= 4 is 5.69 Å². The molecule has 0 amide bonds.